The fourth-order valence-corrected chi connectivity index (χ4v) is 2.48. The smallest absolute Gasteiger partial charge is 0.119 e. The van der Waals surface area contributed by atoms with Crippen molar-refractivity contribution in [2.45, 2.75) is 51.2 Å². The Morgan fingerprint density at radius 2 is 2.00 bits per heavy atom. The topological polar surface area (TPSA) is 41.5 Å². The van der Waals surface area contributed by atoms with E-state index in [2.05, 4.69) is 12.2 Å². The van der Waals surface area contributed by atoms with E-state index in [1.165, 1.54) is 24.8 Å². The first-order valence-electron chi connectivity index (χ1n) is 7.26. The van der Waals surface area contributed by atoms with Crippen LogP contribution in [0.1, 0.15) is 38.2 Å². The molecule has 1 atom stereocenters. The maximum absolute atomic E-state index is 9.96. The van der Waals surface area contributed by atoms with Crippen molar-refractivity contribution in [2.75, 3.05) is 13.2 Å². The number of β-amino-alcohol motifs (C(OH)–C–C–N with tert-alkyl or cyclic N) is 1. The van der Waals surface area contributed by atoms with Crippen LogP contribution in [0.4, 0.5) is 0 Å². The highest BCUT2D eigenvalue weighted by molar-refractivity contribution is 5.26. The predicted octanol–water partition coefficient (Wildman–Crippen LogP) is 2.66. The van der Waals surface area contributed by atoms with E-state index >= 15 is 0 Å². The summed E-state index contributed by atoms with van der Waals surface area (Å²) >= 11 is 0. The van der Waals surface area contributed by atoms with Gasteiger partial charge in [-0.25, -0.2) is 0 Å². The monoisotopic (exact) mass is 263 g/mol. The SMILES string of the molecule is CCC1(NCC(O)COc2ccc(C)cc2)CCC1. The molecule has 0 spiro atoms. The number of ether oxygens (including phenoxy) is 1. The number of aliphatic hydroxyl groups is 1. The van der Waals surface area contributed by atoms with E-state index in [0.717, 1.165) is 12.2 Å². The summed E-state index contributed by atoms with van der Waals surface area (Å²) in [6, 6.07) is 7.91. The highest BCUT2D eigenvalue weighted by atomic mass is 16.5. The van der Waals surface area contributed by atoms with Crippen LogP contribution >= 0.6 is 0 Å². The molecule has 106 valence electrons. The molecule has 0 aromatic heterocycles. The number of nitrogens with one attached hydrogen (secondary N) is 1. The summed E-state index contributed by atoms with van der Waals surface area (Å²) in [4.78, 5) is 0. The van der Waals surface area contributed by atoms with Crippen molar-refractivity contribution in [1.29, 1.82) is 0 Å². The van der Waals surface area contributed by atoms with Crippen molar-refractivity contribution < 1.29 is 9.84 Å². The molecule has 0 radical (unpaired) electrons. The van der Waals surface area contributed by atoms with Gasteiger partial charge in [-0.3, -0.25) is 0 Å². The average Bonchev–Trinajstić information content (AvgIpc) is 2.37. The molecule has 3 heteroatoms. The second-order valence-corrected chi connectivity index (χ2v) is 5.65. The van der Waals surface area contributed by atoms with Crippen LogP contribution in [0.25, 0.3) is 0 Å². The largest absolute Gasteiger partial charge is 0.491 e. The van der Waals surface area contributed by atoms with Crippen LogP contribution in [0.15, 0.2) is 24.3 Å². The fourth-order valence-electron chi connectivity index (χ4n) is 2.48. The quantitative estimate of drug-likeness (QED) is 0.794. The van der Waals surface area contributed by atoms with Crippen molar-refractivity contribution in [3.05, 3.63) is 29.8 Å². The Kier molecular flexibility index (Phi) is 4.83. The molecule has 3 nitrogen and oxygen atoms in total. The van der Waals surface area contributed by atoms with Gasteiger partial charge in [0, 0.05) is 12.1 Å². The highest BCUT2D eigenvalue weighted by Gasteiger charge is 2.34. The van der Waals surface area contributed by atoms with Gasteiger partial charge in [0.15, 0.2) is 0 Å². The molecule has 2 rings (SSSR count). The molecule has 1 unspecified atom stereocenters. The summed E-state index contributed by atoms with van der Waals surface area (Å²) in [5.41, 5.74) is 1.50. The van der Waals surface area contributed by atoms with Gasteiger partial charge in [-0.2, -0.15) is 0 Å². The van der Waals surface area contributed by atoms with E-state index in [0.29, 0.717) is 13.2 Å². The zero-order chi connectivity index (χ0) is 13.7. The van der Waals surface area contributed by atoms with E-state index in [-0.39, 0.29) is 5.54 Å². The lowest BCUT2D eigenvalue weighted by Gasteiger charge is -2.42. The molecule has 0 heterocycles. The van der Waals surface area contributed by atoms with Gasteiger partial charge in [-0.1, -0.05) is 24.6 Å². The van der Waals surface area contributed by atoms with Crippen LogP contribution in [-0.4, -0.2) is 29.9 Å². The Morgan fingerprint density at radius 3 is 2.53 bits per heavy atom. The van der Waals surface area contributed by atoms with Crippen molar-refractivity contribution in [3.63, 3.8) is 0 Å². The van der Waals surface area contributed by atoms with Crippen LogP contribution in [0, 0.1) is 6.92 Å². The summed E-state index contributed by atoms with van der Waals surface area (Å²) in [6.45, 7) is 5.21. The van der Waals surface area contributed by atoms with Crippen molar-refractivity contribution in [3.8, 4) is 5.75 Å². The Balaban J connectivity index is 1.69. The van der Waals surface area contributed by atoms with Crippen molar-refractivity contribution in [2.24, 2.45) is 0 Å². The molecule has 1 aliphatic carbocycles. The van der Waals surface area contributed by atoms with Crippen LogP contribution < -0.4 is 10.1 Å². The van der Waals surface area contributed by atoms with Crippen molar-refractivity contribution in [1.82, 2.24) is 5.32 Å². The number of rotatable bonds is 7. The van der Waals surface area contributed by atoms with Gasteiger partial charge < -0.3 is 15.2 Å². The van der Waals surface area contributed by atoms with Gasteiger partial charge in [-0.05, 0) is 44.7 Å². The summed E-state index contributed by atoms with van der Waals surface area (Å²) in [5, 5.41) is 13.5. The molecule has 0 saturated heterocycles. The third kappa shape index (κ3) is 3.95. The lowest BCUT2D eigenvalue weighted by Crippen LogP contribution is -2.53. The first-order valence-corrected chi connectivity index (χ1v) is 7.26. The van der Waals surface area contributed by atoms with Gasteiger partial charge in [0.1, 0.15) is 18.5 Å². The zero-order valence-electron chi connectivity index (χ0n) is 12.0. The number of benzene rings is 1. The van der Waals surface area contributed by atoms with Crippen LogP contribution in [-0.2, 0) is 0 Å². The first kappa shape index (κ1) is 14.4. The van der Waals surface area contributed by atoms with E-state index in [9.17, 15) is 5.11 Å². The molecular formula is C16H25NO2. The lowest BCUT2D eigenvalue weighted by molar-refractivity contribution is 0.0811. The Bertz CT molecular complexity index is 379. The first-order chi connectivity index (χ1) is 9.13. The van der Waals surface area contributed by atoms with Gasteiger partial charge >= 0.3 is 0 Å². The minimum Gasteiger partial charge on any atom is -0.491 e. The fraction of sp³-hybridized carbons (Fsp3) is 0.625. The standard InChI is InChI=1S/C16H25NO2/c1-3-16(9-4-10-16)17-11-14(18)12-19-15-7-5-13(2)6-8-15/h5-8,14,17-18H,3-4,9-12H2,1-2H3. The third-order valence-corrected chi connectivity index (χ3v) is 4.16. The molecule has 19 heavy (non-hydrogen) atoms. The Morgan fingerprint density at radius 1 is 1.32 bits per heavy atom. The molecule has 1 aromatic carbocycles. The van der Waals surface area contributed by atoms with Crippen molar-refractivity contribution >= 4 is 0 Å². The minimum absolute atomic E-state index is 0.283. The van der Waals surface area contributed by atoms with Crippen LogP contribution in [0.3, 0.4) is 0 Å². The maximum atomic E-state index is 9.96. The zero-order valence-corrected chi connectivity index (χ0v) is 12.0. The van der Waals surface area contributed by atoms with Gasteiger partial charge in [0.25, 0.3) is 0 Å². The number of hydrogen-bond acceptors (Lipinski definition) is 3. The Labute approximate surface area is 116 Å². The van der Waals surface area contributed by atoms with E-state index in [1.807, 2.05) is 31.2 Å². The molecule has 0 bridgehead atoms. The lowest BCUT2D eigenvalue weighted by atomic mass is 9.75. The van der Waals surface area contributed by atoms with Gasteiger partial charge in [0.2, 0.25) is 0 Å². The maximum Gasteiger partial charge on any atom is 0.119 e. The van der Waals surface area contributed by atoms with Gasteiger partial charge in [0.05, 0.1) is 0 Å². The average molecular weight is 263 g/mol. The van der Waals surface area contributed by atoms with Crippen LogP contribution in [0.2, 0.25) is 0 Å². The number of hydrogen-bond donors (Lipinski definition) is 2. The number of aryl methyl sites for hydroxylation is 1. The molecule has 1 fully saturated rings. The van der Waals surface area contributed by atoms with E-state index < -0.39 is 6.10 Å². The second-order valence-electron chi connectivity index (χ2n) is 5.65. The molecule has 0 amide bonds. The highest BCUT2D eigenvalue weighted by Crippen LogP contribution is 2.34. The minimum atomic E-state index is -0.453. The van der Waals surface area contributed by atoms with E-state index in [1.54, 1.807) is 0 Å². The summed E-state index contributed by atoms with van der Waals surface area (Å²) in [6.07, 6.45) is 4.45. The number of aliphatic hydroxyl groups excluding tert-OH is 1. The predicted molar refractivity (Wildman–Crippen MR) is 77.6 cm³/mol. The molecular weight excluding hydrogens is 238 g/mol. The molecule has 1 aliphatic rings. The third-order valence-electron chi connectivity index (χ3n) is 4.16. The van der Waals surface area contributed by atoms with E-state index in [4.69, 9.17) is 4.74 Å². The summed E-state index contributed by atoms with van der Waals surface area (Å²) in [5.74, 6) is 0.818. The Hall–Kier alpha value is -1.06. The van der Waals surface area contributed by atoms with Crippen LogP contribution in [0.5, 0.6) is 5.75 Å². The molecule has 0 aliphatic heterocycles. The molecule has 1 saturated carbocycles. The molecule has 2 N–H and O–H groups in total. The molecule has 1 aromatic rings. The second kappa shape index (κ2) is 6.40. The normalized spacial score (nSPS) is 18.7. The summed E-state index contributed by atoms with van der Waals surface area (Å²) < 4.78 is 5.58. The summed E-state index contributed by atoms with van der Waals surface area (Å²) in [7, 11) is 0. The van der Waals surface area contributed by atoms with Gasteiger partial charge in [-0.15, -0.1) is 0 Å².